The van der Waals surface area contributed by atoms with Crippen LogP contribution in [-0.4, -0.2) is 51.6 Å². The first-order valence-electron chi connectivity index (χ1n) is 7.51. The summed E-state index contributed by atoms with van der Waals surface area (Å²) >= 11 is 0. The molecule has 0 saturated carbocycles. The van der Waals surface area contributed by atoms with Crippen LogP contribution >= 0.6 is 0 Å². The van der Waals surface area contributed by atoms with Crippen LogP contribution in [0.5, 0.6) is 0 Å². The molecule has 2 aromatic carbocycles. The molecule has 3 aromatic rings. The van der Waals surface area contributed by atoms with Crippen LogP contribution in [0.1, 0.15) is 11.1 Å². The van der Waals surface area contributed by atoms with Crippen molar-refractivity contribution >= 4 is 102 Å². The van der Waals surface area contributed by atoms with Gasteiger partial charge in [0.05, 0.1) is 0 Å². The molecule has 1 aromatic heterocycles. The Morgan fingerprint density at radius 1 is 0.536 bits per heavy atom. The zero-order chi connectivity index (χ0) is 21.5. The van der Waals surface area contributed by atoms with Gasteiger partial charge in [0.1, 0.15) is 47.1 Å². The Morgan fingerprint density at radius 2 is 0.821 bits per heavy atom. The van der Waals surface area contributed by atoms with Crippen molar-refractivity contribution in [1.82, 2.24) is 4.57 Å². The van der Waals surface area contributed by atoms with Gasteiger partial charge in [-0.1, -0.05) is 32.8 Å². The lowest BCUT2D eigenvalue weighted by Crippen LogP contribution is -2.41. The first-order chi connectivity index (χ1) is 12.6. The lowest BCUT2D eigenvalue weighted by molar-refractivity contribution is -0.136. The largest absolute Gasteiger partial charge is 0.415 e. The number of alkyl halides is 6. The number of rotatable bonds is 0. The summed E-state index contributed by atoms with van der Waals surface area (Å²) in [6.07, 6.45) is -10.0. The number of halogens is 6. The van der Waals surface area contributed by atoms with Gasteiger partial charge in [-0.3, -0.25) is 0 Å². The van der Waals surface area contributed by atoms with Crippen LogP contribution in [0.15, 0.2) is 0 Å². The molecule has 3 rings (SSSR count). The molecule has 0 aliphatic heterocycles. The SMILES string of the molecule is [B]c1c(C(F)(F)F)c([B])c2c3c([B])c(C(F)(F)F)c([B])c([B])c3n(C)c2c1[B]. The van der Waals surface area contributed by atoms with Gasteiger partial charge in [0.15, 0.2) is 0 Å². The Balaban J connectivity index is 2.77. The highest BCUT2D eigenvalue weighted by Gasteiger charge is 2.38. The van der Waals surface area contributed by atoms with E-state index in [1.54, 1.807) is 0 Å². The highest BCUT2D eigenvalue weighted by atomic mass is 19.4. The van der Waals surface area contributed by atoms with Gasteiger partial charge in [0, 0.05) is 29.2 Å². The lowest BCUT2D eigenvalue weighted by Gasteiger charge is -2.20. The van der Waals surface area contributed by atoms with Crippen molar-refractivity contribution in [1.29, 1.82) is 0 Å². The second kappa shape index (κ2) is 6.10. The zero-order valence-electron chi connectivity index (χ0n) is 14.2. The highest BCUT2D eigenvalue weighted by Crippen LogP contribution is 2.33. The Labute approximate surface area is 163 Å². The van der Waals surface area contributed by atoms with Crippen LogP contribution < -0.4 is 32.8 Å². The van der Waals surface area contributed by atoms with Crippen LogP contribution in [0.25, 0.3) is 21.8 Å². The van der Waals surface area contributed by atoms with Crippen LogP contribution in [0.3, 0.4) is 0 Å². The number of aromatic nitrogens is 1. The van der Waals surface area contributed by atoms with E-state index in [0.717, 1.165) is 4.57 Å². The molecule has 28 heavy (non-hydrogen) atoms. The van der Waals surface area contributed by atoms with Gasteiger partial charge in [-0.15, -0.1) is 0 Å². The summed E-state index contributed by atoms with van der Waals surface area (Å²) in [4.78, 5) is 0. The highest BCUT2D eigenvalue weighted by molar-refractivity contribution is 6.62. The molecular formula is C15H3B6F6N. The Kier molecular flexibility index (Phi) is 4.56. The molecule has 0 N–H and O–H groups in total. The zero-order valence-corrected chi connectivity index (χ0v) is 14.2. The molecule has 0 aliphatic carbocycles. The maximum atomic E-state index is 13.5. The van der Waals surface area contributed by atoms with E-state index >= 15 is 0 Å². The van der Waals surface area contributed by atoms with Gasteiger partial charge < -0.3 is 4.57 Å². The number of fused-ring (bicyclic) bond motifs is 3. The standard InChI is InChI=1S/C15H3B6F6N/c1-28-12-2(6(16)4(14(22,23)24)8(18)10(12)20)3-7(17)5(15(25,26)27)9(19)11(21)13(3)28/h1H3. The van der Waals surface area contributed by atoms with Gasteiger partial charge in [-0.25, -0.2) is 0 Å². The second-order valence-electron chi connectivity index (χ2n) is 6.23. The van der Waals surface area contributed by atoms with E-state index < -0.39 is 67.0 Å². The molecule has 128 valence electrons. The summed E-state index contributed by atoms with van der Waals surface area (Å²) in [5, 5.41) is -0.877. The smallest absolute Gasteiger partial charge is 0.345 e. The fourth-order valence-electron chi connectivity index (χ4n) is 3.51. The van der Waals surface area contributed by atoms with Gasteiger partial charge in [-0.2, -0.15) is 26.3 Å². The van der Waals surface area contributed by atoms with Crippen LogP contribution in [0.4, 0.5) is 26.3 Å². The van der Waals surface area contributed by atoms with E-state index in [1.807, 2.05) is 0 Å². The predicted octanol–water partition coefficient (Wildman–Crippen LogP) is -1.87. The maximum absolute atomic E-state index is 13.5. The average molecular weight is 376 g/mol. The molecule has 0 unspecified atom stereocenters. The van der Waals surface area contributed by atoms with Gasteiger partial charge in [0.2, 0.25) is 0 Å². The Bertz CT molecular complexity index is 1070. The normalized spacial score (nSPS) is 13.0. The maximum Gasteiger partial charge on any atom is 0.415 e. The molecule has 13 heteroatoms. The monoisotopic (exact) mass is 377 g/mol. The third-order valence-corrected chi connectivity index (χ3v) is 4.67. The quantitative estimate of drug-likeness (QED) is 0.320. The molecule has 0 saturated heterocycles. The molecule has 0 aliphatic rings. The van der Waals surface area contributed by atoms with Gasteiger partial charge in [0.25, 0.3) is 0 Å². The predicted molar refractivity (Wildman–Crippen MR) is 103 cm³/mol. The van der Waals surface area contributed by atoms with E-state index in [2.05, 4.69) is 0 Å². The van der Waals surface area contributed by atoms with Crippen molar-refractivity contribution in [3.05, 3.63) is 11.1 Å². The third kappa shape index (κ3) is 2.65. The first-order valence-corrected chi connectivity index (χ1v) is 7.51. The molecule has 0 spiro atoms. The van der Waals surface area contributed by atoms with Crippen molar-refractivity contribution in [2.75, 3.05) is 0 Å². The van der Waals surface area contributed by atoms with Crippen molar-refractivity contribution in [3.63, 3.8) is 0 Å². The van der Waals surface area contributed by atoms with Crippen molar-refractivity contribution in [3.8, 4) is 0 Å². The van der Waals surface area contributed by atoms with Crippen LogP contribution in [-0.2, 0) is 19.4 Å². The lowest BCUT2D eigenvalue weighted by atomic mass is 9.68. The summed E-state index contributed by atoms with van der Waals surface area (Å²) in [7, 11) is 35.3. The van der Waals surface area contributed by atoms with E-state index in [1.165, 1.54) is 7.05 Å². The number of hydrogen-bond acceptors (Lipinski definition) is 0. The minimum Gasteiger partial charge on any atom is -0.345 e. The van der Waals surface area contributed by atoms with Crippen molar-refractivity contribution < 1.29 is 26.3 Å². The van der Waals surface area contributed by atoms with Gasteiger partial charge in [-0.05, 0) is 10.8 Å². The van der Waals surface area contributed by atoms with E-state index in [4.69, 9.17) is 47.1 Å². The molecule has 12 radical (unpaired) electrons. The topological polar surface area (TPSA) is 4.93 Å². The van der Waals surface area contributed by atoms with Crippen molar-refractivity contribution in [2.45, 2.75) is 12.4 Å². The first kappa shape index (κ1) is 20.9. The average Bonchev–Trinajstić information content (AvgIpc) is 2.82. The van der Waals surface area contributed by atoms with E-state index in [-0.39, 0.29) is 11.0 Å². The third-order valence-electron chi connectivity index (χ3n) is 4.67. The van der Waals surface area contributed by atoms with Gasteiger partial charge >= 0.3 is 12.4 Å². The van der Waals surface area contributed by atoms with Crippen LogP contribution in [0, 0.1) is 0 Å². The Morgan fingerprint density at radius 3 is 1.07 bits per heavy atom. The fourth-order valence-corrected chi connectivity index (χ4v) is 3.51. The summed E-state index contributed by atoms with van der Waals surface area (Å²) in [5.74, 6) is 0. The minimum absolute atomic E-state index is 0.143. The fraction of sp³-hybridized carbons (Fsp3) is 0.200. The molecule has 0 fully saturated rings. The number of hydrogen-bond donors (Lipinski definition) is 0. The second-order valence-corrected chi connectivity index (χ2v) is 6.23. The number of benzene rings is 2. The summed E-state index contributed by atoms with van der Waals surface area (Å²) in [5.41, 5.74) is -7.81. The van der Waals surface area contributed by atoms with E-state index in [0.29, 0.717) is 0 Å². The van der Waals surface area contributed by atoms with E-state index in [9.17, 15) is 26.3 Å². The summed E-state index contributed by atoms with van der Waals surface area (Å²) in [6, 6.07) is 0. The Hall–Kier alpha value is -1.79. The minimum atomic E-state index is -5.01. The summed E-state index contributed by atoms with van der Waals surface area (Å²) < 4.78 is 81.9. The molecular weight excluding hydrogens is 373 g/mol. The van der Waals surface area contributed by atoms with Crippen molar-refractivity contribution in [2.24, 2.45) is 7.05 Å². The molecule has 1 nitrogen and oxygen atoms in total. The molecule has 0 amide bonds. The summed E-state index contributed by atoms with van der Waals surface area (Å²) in [6.45, 7) is 0. The molecule has 1 heterocycles. The number of aryl methyl sites for hydroxylation is 1. The van der Waals surface area contributed by atoms with Crippen LogP contribution in [0.2, 0.25) is 0 Å². The molecule has 0 bridgehead atoms. The molecule has 0 atom stereocenters. The number of nitrogens with zero attached hydrogens (tertiary/aromatic N) is 1.